The number of nitro groups is 1. The topological polar surface area (TPSA) is 92.3 Å². The van der Waals surface area contributed by atoms with Crippen molar-refractivity contribution in [2.24, 2.45) is 0 Å². The van der Waals surface area contributed by atoms with Crippen molar-refractivity contribution >= 4 is 27.7 Å². The molecule has 8 nitrogen and oxygen atoms in total. The molecule has 0 aliphatic heterocycles. The van der Waals surface area contributed by atoms with Gasteiger partial charge in [-0.3, -0.25) is 14.7 Å². The normalized spacial score (nSPS) is 11.9. The highest BCUT2D eigenvalue weighted by molar-refractivity contribution is 9.10. The second-order valence-corrected chi connectivity index (χ2v) is 8.08. The van der Waals surface area contributed by atoms with Crippen molar-refractivity contribution in [1.82, 2.24) is 14.8 Å². The molecule has 2 aromatic carbocycles. The van der Waals surface area contributed by atoms with E-state index in [-0.39, 0.29) is 11.5 Å². The van der Waals surface area contributed by atoms with Crippen LogP contribution >= 0.6 is 27.7 Å². The quantitative estimate of drug-likeness (QED) is 0.268. The number of halogens is 1. The maximum Gasteiger partial charge on any atom is 0.220 e. The summed E-state index contributed by atoms with van der Waals surface area (Å²) in [4.78, 5) is 11.1. The third kappa shape index (κ3) is 4.70. The van der Waals surface area contributed by atoms with E-state index in [4.69, 9.17) is 9.47 Å². The minimum absolute atomic E-state index is 0.292. The Morgan fingerprint density at radius 2 is 1.83 bits per heavy atom. The maximum atomic E-state index is 11.4. The van der Waals surface area contributed by atoms with Gasteiger partial charge in [0.1, 0.15) is 11.1 Å². The van der Waals surface area contributed by atoms with Crippen LogP contribution in [-0.2, 0) is 0 Å². The lowest BCUT2D eigenvalue weighted by atomic mass is 10.1. The molecule has 0 aliphatic carbocycles. The number of thioether (sulfide) groups is 1. The van der Waals surface area contributed by atoms with Crippen LogP contribution in [0.3, 0.4) is 0 Å². The van der Waals surface area contributed by atoms with E-state index in [0.717, 1.165) is 5.69 Å². The lowest BCUT2D eigenvalue weighted by Gasteiger charge is -2.18. The molecule has 0 bridgehead atoms. The summed E-state index contributed by atoms with van der Waals surface area (Å²) in [6.07, 6.45) is 0. The van der Waals surface area contributed by atoms with Gasteiger partial charge in [0.2, 0.25) is 6.54 Å². The molecule has 1 heterocycles. The Kier molecular flexibility index (Phi) is 6.75. The Morgan fingerprint density at radius 3 is 2.45 bits per heavy atom. The lowest BCUT2D eigenvalue weighted by Crippen LogP contribution is -2.12. The smallest absolute Gasteiger partial charge is 0.220 e. The van der Waals surface area contributed by atoms with Crippen LogP contribution in [0.15, 0.2) is 52.1 Å². The molecule has 1 atom stereocenters. The number of hydrogen-bond donors (Lipinski definition) is 0. The molecule has 0 spiro atoms. The SMILES string of the molecule is COc1cc(Br)c([C@@H](C[N+](=O)[O-])Sc2nnc(C)n2-c2ccccc2)cc1OC. The van der Waals surface area contributed by atoms with E-state index in [1.54, 1.807) is 19.2 Å². The maximum absolute atomic E-state index is 11.4. The molecule has 0 radical (unpaired) electrons. The first-order valence-electron chi connectivity index (χ1n) is 8.62. The molecule has 0 unspecified atom stereocenters. The fraction of sp³-hybridized carbons (Fsp3) is 0.263. The van der Waals surface area contributed by atoms with Gasteiger partial charge in [0, 0.05) is 15.1 Å². The van der Waals surface area contributed by atoms with Gasteiger partial charge in [0.05, 0.1) is 14.2 Å². The summed E-state index contributed by atoms with van der Waals surface area (Å²) in [5.41, 5.74) is 1.60. The van der Waals surface area contributed by atoms with Crippen LogP contribution in [0.25, 0.3) is 5.69 Å². The molecule has 1 aromatic heterocycles. The van der Waals surface area contributed by atoms with Crippen LogP contribution in [0.4, 0.5) is 0 Å². The van der Waals surface area contributed by atoms with Crippen LogP contribution < -0.4 is 9.47 Å². The van der Waals surface area contributed by atoms with Gasteiger partial charge in [0.25, 0.3) is 0 Å². The summed E-state index contributed by atoms with van der Waals surface area (Å²) in [7, 11) is 3.07. The van der Waals surface area contributed by atoms with E-state index in [1.807, 2.05) is 41.8 Å². The number of nitrogens with zero attached hydrogens (tertiary/aromatic N) is 4. The largest absolute Gasteiger partial charge is 0.493 e. The molecule has 0 saturated heterocycles. The number of rotatable bonds is 8. The molecule has 10 heteroatoms. The predicted molar refractivity (Wildman–Crippen MR) is 114 cm³/mol. The zero-order chi connectivity index (χ0) is 21.0. The predicted octanol–water partition coefficient (Wildman–Crippen LogP) is 4.47. The lowest BCUT2D eigenvalue weighted by molar-refractivity contribution is -0.479. The molecule has 0 N–H and O–H groups in total. The van der Waals surface area contributed by atoms with E-state index >= 15 is 0 Å². The minimum atomic E-state index is -0.523. The first kappa shape index (κ1) is 21.1. The highest BCUT2D eigenvalue weighted by atomic mass is 79.9. The van der Waals surface area contributed by atoms with Crippen molar-refractivity contribution in [3.05, 3.63) is 68.4 Å². The summed E-state index contributed by atoms with van der Waals surface area (Å²) in [5.74, 6) is 1.74. The number of benzene rings is 2. The third-order valence-electron chi connectivity index (χ3n) is 4.22. The number of para-hydroxylation sites is 1. The Labute approximate surface area is 180 Å². The molecular weight excluding hydrogens is 460 g/mol. The molecule has 152 valence electrons. The third-order valence-corrected chi connectivity index (χ3v) is 6.07. The Morgan fingerprint density at radius 1 is 1.17 bits per heavy atom. The fourth-order valence-corrected chi connectivity index (χ4v) is 4.83. The van der Waals surface area contributed by atoms with Gasteiger partial charge in [-0.15, -0.1) is 10.2 Å². The molecule has 29 heavy (non-hydrogen) atoms. The van der Waals surface area contributed by atoms with E-state index < -0.39 is 5.25 Å². The number of aromatic nitrogens is 3. The zero-order valence-corrected chi connectivity index (χ0v) is 18.4. The van der Waals surface area contributed by atoms with Crippen molar-refractivity contribution < 1.29 is 14.4 Å². The van der Waals surface area contributed by atoms with Crippen LogP contribution in [0.5, 0.6) is 11.5 Å². The fourth-order valence-electron chi connectivity index (χ4n) is 2.87. The molecule has 3 rings (SSSR count). The molecule has 0 fully saturated rings. The van der Waals surface area contributed by atoms with Crippen molar-refractivity contribution in [2.75, 3.05) is 20.8 Å². The van der Waals surface area contributed by atoms with Crippen molar-refractivity contribution in [2.45, 2.75) is 17.3 Å². The molecule has 0 saturated carbocycles. The number of aryl methyl sites for hydroxylation is 1. The minimum Gasteiger partial charge on any atom is -0.493 e. The van der Waals surface area contributed by atoms with E-state index in [1.165, 1.54) is 18.9 Å². The Hall–Kier alpha value is -2.59. The van der Waals surface area contributed by atoms with Crippen LogP contribution in [0.1, 0.15) is 16.6 Å². The first-order valence-corrected chi connectivity index (χ1v) is 10.3. The second-order valence-electron chi connectivity index (χ2n) is 6.05. The van der Waals surface area contributed by atoms with Gasteiger partial charge in [0.15, 0.2) is 16.7 Å². The summed E-state index contributed by atoms with van der Waals surface area (Å²) >= 11 is 4.79. The van der Waals surface area contributed by atoms with Gasteiger partial charge in [-0.05, 0) is 36.8 Å². The number of ether oxygens (including phenoxy) is 2. The molecule has 0 amide bonds. The van der Waals surface area contributed by atoms with Gasteiger partial charge < -0.3 is 9.47 Å². The summed E-state index contributed by atoms with van der Waals surface area (Å²) in [5, 5.41) is 19.9. The molecular formula is C19H19BrN4O4S. The average molecular weight is 479 g/mol. The zero-order valence-electron chi connectivity index (χ0n) is 16.0. The number of methoxy groups -OCH3 is 2. The first-order chi connectivity index (χ1) is 13.9. The number of hydrogen-bond acceptors (Lipinski definition) is 7. The van der Waals surface area contributed by atoms with Crippen molar-refractivity contribution in [1.29, 1.82) is 0 Å². The summed E-state index contributed by atoms with van der Waals surface area (Å²) < 4.78 is 13.3. The van der Waals surface area contributed by atoms with Gasteiger partial charge >= 0.3 is 0 Å². The molecule has 3 aromatic rings. The highest BCUT2D eigenvalue weighted by Crippen LogP contribution is 2.43. The van der Waals surface area contributed by atoms with Gasteiger partial charge in [-0.25, -0.2) is 0 Å². The van der Waals surface area contributed by atoms with Crippen LogP contribution in [0, 0.1) is 17.0 Å². The second kappa shape index (κ2) is 9.27. The standard InChI is InChI=1S/C19H19BrN4O4S/c1-12-21-22-19(24(12)13-7-5-4-6-8-13)29-18(11-23(25)26)14-9-16(27-2)17(28-3)10-15(14)20/h4-10,18H,11H2,1-3H3/t18-/m1/s1. The molecule has 0 aliphatic rings. The Bertz CT molecular complexity index is 1010. The monoisotopic (exact) mass is 478 g/mol. The Balaban J connectivity index is 2.04. The van der Waals surface area contributed by atoms with E-state index in [0.29, 0.717) is 32.5 Å². The van der Waals surface area contributed by atoms with Crippen LogP contribution in [0.2, 0.25) is 0 Å². The van der Waals surface area contributed by atoms with Crippen LogP contribution in [-0.4, -0.2) is 40.5 Å². The van der Waals surface area contributed by atoms with Crippen molar-refractivity contribution in [3.8, 4) is 17.2 Å². The van der Waals surface area contributed by atoms with E-state index in [9.17, 15) is 10.1 Å². The van der Waals surface area contributed by atoms with Gasteiger partial charge in [-0.1, -0.05) is 45.9 Å². The van der Waals surface area contributed by atoms with E-state index in [2.05, 4.69) is 26.1 Å². The highest BCUT2D eigenvalue weighted by Gasteiger charge is 2.27. The summed E-state index contributed by atoms with van der Waals surface area (Å²) in [6, 6.07) is 13.1. The van der Waals surface area contributed by atoms with Gasteiger partial charge in [-0.2, -0.15) is 0 Å². The summed E-state index contributed by atoms with van der Waals surface area (Å²) in [6.45, 7) is 1.55. The average Bonchev–Trinajstić information content (AvgIpc) is 3.07. The van der Waals surface area contributed by atoms with Crippen molar-refractivity contribution in [3.63, 3.8) is 0 Å².